The molecule has 0 radical (unpaired) electrons. The Hall–Kier alpha value is -1.42. The van der Waals surface area contributed by atoms with Gasteiger partial charge in [0.1, 0.15) is 5.88 Å². The van der Waals surface area contributed by atoms with Gasteiger partial charge in [-0.1, -0.05) is 6.07 Å². The van der Waals surface area contributed by atoms with Gasteiger partial charge in [-0.15, -0.1) is 11.6 Å². The Morgan fingerprint density at radius 1 is 1.44 bits per heavy atom. The summed E-state index contributed by atoms with van der Waals surface area (Å²) in [5.41, 5.74) is 0.939. The number of benzene rings is 1. The largest absolute Gasteiger partial charge is 0.493 e. The van der Waals surface area contributed by atoms with Gasteiger partial charge in [-0.3, -0.25) is 4.79 Å². The average molecular weight is 272 g/mol. The summed E-state index contributed by atoms with van der Waals surface area (Å²) in [5.74, 6) is 1.11. The number of carbonyl (C=O) groups excluding carboxylic acids is 1. The highest BCUT2D eigenvalue weighted by molar-refractivity contribution is 6.27. The summed E-state index contributed by atoms with van der Waals surface area (Å²) in [6.07, 6.45) is 0. The zero-order chi connectivity index (χ0) is 13.5. The molecule has 1 N–H and O–H groups in total. The van der Waals surface area contributed by atoms with E-state index in [1.165, 1.54) is 0 Å². The van der Waals surface area contributed by atoms with Crippen molar-refractivity contribution in [3.63, 3.8) is 0 Å². The summed E-state index contributed by atoms with van der Waals surface area (Å²) >= 11 is 5.45. The molecule has 0 bridgehead atoms. The molecule has 0 unspecified atom stereocenters. The first-order valence-electron chi connectivity index (χ1n) is 5.78. The van der Waals surface area contributed by atoms with Crippen LogP contribution in [0.15, 0.2) is 18.2 Å². The lowest BCUT2D eigenvalue weighted by Crippen LogP contribution is -2.27. The molecule has 4 nitrogen and oxygen atoms in total. The molecule has 0 aliphatic rings. The van der Waals surface area contributed by atoms with Crippen LogP contribution >= 0.6 is 11.6 Å². The molecule has 0 aromatic heterocycles. The highest BCUT2D eigenvalue weighted by atomic mass is 35.5. The summed E-state index contributed by atoms with van der Waals surface area (Å²) in [6, 6.07) is 5.46. The number of amides is 1. The summed E-state index contributed by atoms with van der Waals surface area (Å²) in [7, 11) is 1.59. The normalized spacial score (nSPS) is 11.8. The molecule has 0 aliphatic heterocycles. The fraction of sp³-hybridized carbons (Fsp3) is 0.462. The number of ether oxygens (including phenoxy) is 2. The lowest BCUT2D eigenvalue weighted by atomic mass is 10.1. The smallest absolute Gasteiger partial charge is 0.235 e. The second-order valence-electron chi connectivity index (χ2n) is 3.77. The van der Waals surface area contributed by atoms with Gasteiger partial charge in [-0.25, -0.2) is 0 Å². The molecule has 0 saturated carbocycles. The van der Waals surface area contributed by atoms with E-state index in [1.807, 2.05) is 32.0 Å². The maximum absolute atomic E-state index is 11.2. The van der Waals surface area contributed by atoms with Gasteiger partial charge in [-0.05, 0) is 31.5 Å². The van der Waals surface area contributed by atoms with Crippen LogP contribution < -0.4 is 14.8 Å². The number of methoxy groups -OCH3 is 1. The van der Waals surface area contributed by atoms with Crippen molar-refractivity contribution in [3.05, 3.63) is 23.8 Å². The number of rotatable bonds is 6. The Bertz CT molecular complexity index is 409. The first-order valence-corrected chi connectivity index (χ1v) is 6.31. The van der Waals surface area contributed by atoms with Gasteiger partial charge >= 0.3 is 0 Å². The molecule has 18 heavy (non-hydrogen) atoms. The van der Waals surface area contributed by atoms with Crippen LogP contribution in [0.5, 0.6) is 11.5 Å². The fourth-order valence-corrected chi connectivity index (χ4v) is 1.67. The Labute approximate surface area is 112 Å². The Morgan fingerprint density at radius 2 is 2.17 bits per heavy atom. The summed E-state index contributed by atoms with van der Waals surface area (Å²) in [4.78, 5) is 11.2. The molecule has 100 valence electrons. The van der Waals surface area contributed by atoms with E-state index in [1.54, 1.807) is 7.11 Å². The molecular weight excluding hydrogens is 254 g/mol. The maximum Gasteiger partial charge on any atom is 0.235 e. The lowest BCUT2D eigenvalue weighted by molar-refractivity contribution is -0.119. The van der Waals surface area contributed by atoms with Gasteiger partial charge < -0.3 is 14.8 Å². The minimum atomic E-state index is -0.197. The van der Waals surface area contributed by atoms with Crippen molar-refractivity contribution >= 4 is 17.5 Å². The topological polar surface area (TPSA) is 47.6 Å². The average Bonchev–Trinajstić information content (AvgIpc) is 2.39. The zero-order valence-electron chi connectivity index (χ0n) is 10.8. The van der Waals surface area contributed by atoms with Crippen molar-refractivity contribution in [1.29, 1.82) is 0 Å². The molecule has 1 aromatic carbocycles. The van der Waals surface area contributed by atoms with Crippen molar-refractivity contribution in [2.75, 3.05) is 19.6 Å². The first-order chi connectivity index (χ1) is 8.62. The summed E-state index contributed by atoms with van der Waals surface area (Å²) < 4.78 is 10.7. The van der Waals surface area contributed by atoms with Crippen LogP contribution in [0, 0.1) is 0 Å². The molecule has 0 spiro atoms. The molecular formula is C13H18ClNO3. The molecule has 0 fully saturated rings. The third kappa shape index (κ3) is 3.81. The van der Waals surface area contributed by atoms with Gasteiger partial charge in [0, 0.05) is 0 Å². The van der Waals surface area contributed by atoms with Crippen molar-refractivity contribution in [3.8, 4) is 11.5 Å². The first kappa shape index (κ1) is 14.6. The number of carbonyl (C=O) groups is 1. The summed E-state index contributed by atoms with van der Waals surface area (Å²) in [5, 5.41) is 2.78. The predicted octanol–water partition coefficient (Wildman–Crippen LogP) is 2.51. The highest BCUT2D eigenvalue weighted by Gasteiger charge is 2.12. The number of hydrogen-bond acceptors (Lipinski definition) is 3. The van der Waals surface area contributed by atoms with E-state index in [-0.39, 0.29) is 17.8 Å². The Balaban J connectivity index is 2.87. The quantitative estimate of drug-likeness (QED) is 0.809. The van der Waals surface area contributed by atoms with Gasteiger partial charge in [-0.2, -0.15) is 0 Å². The van der Waals surface area contributed by atoms with Crippen molar-refractivity contribution in [2.24, 2.45) is 0 Å². The van der Waals surface area contributed by atoms with E-state index in [4.69, 9.17) is 21.1 Å². The van der Waals surface area contributed by atoms with Gasteiger partial charge in [0.05, 0.1) is 19.8 Å². The monoisotopic (exact) mass is 271 g/mol. The third-order valence-electron chi connectivity index (χ3n) is 2.49. The van der Waals surface area contributed by atoms with E-state index in [9.17, 15) is 4.79 Å². The Morgan fingerprint density at radius 3 is 2.72 bits per heavy atom. The molecule has 1 aromatic rings. The van der Waals surface area contributed by atoms with E-state index in [0.29, 0.717) is 18.1 Å². The second-order valence-corrected chi connectivity index (χ2v) is 4.03. The predicted molar refractivity (Wildman–Crippen MR) is 71.4 cm³/mol. The van der Waals surface area contributed by atoms with Crippen molar-refractivity contribution in [2.45, 2.75) is 19.9 Å². The van der Waals surface area contributed by atoms with Gasteiger partial charge in [0.25, 0.3) is 0 Å². The Kier molecular flexibility index (Phi) is 5.78. The lowest BCUT2D eigenvalue weighted by Gasteiger charge is -2.16. The molecule has 5 heteroatoms. The SMILES string of the molecule is CCOc1ccc([C@H](C)NC(=O)CCl)cc1OC. The maximum atomic E-state index is 11.2. The summed E-state index contributed by atoms with van der Waals surface area (Å²) in [6.45, 7) is 4.38. The van der Waals surface area contributed by atoms with E-state index < -0.39 is 0 Å². The minimum Gasteiger partial charge on any atom is -0.493 e. The molecule has 1 rings (SSSR count). The van der Waals surface area contributed by atoms with E-state index >= 15 is 0 Å². The second kappa shape index (κ2) is 7.11. The molecule has 1 atom stereocenters. The van der Waals surface area contributed by atoms with Crippen LogP contribution in [-0.4, -0.2) is 25.5 Å². The van der Waals surface area contributed by atoms with Crippen LogP contribution in [0.3, 0.4) is 0 Å². The number of halogens is 1. The van der Waals surface area contributed by atoms with Crippen molar-refractivity contribution in [1.82, 2.24) is 5.32 Å². The molecule has 0 saturated heterocycles. The van der Waals surface area contributed by atoms with Crippen LogP contribution in [0.2, 0.25) is 0 Å². The van der Waals surface area contributed by atoms with Crippen LogP contribution in [0.1, 0.15) is 25.5 Å². The zero-order valence-corrected chi connectivity index (χ0v) is 11.6. The van der Waals surface area contributed by atoms with Crippen LogP contribution in [0.4, 0.5) is 0 Å². The number of hydrogen-bond donors (Lipinski definition) is 1. The molecule has 1 amide bonds. The highest BCUT2D eigenvalue weighted by Crippen LogP contribution is 2.30. The van der Waals surface area contributed by atoms with Gasteiger partial charge in [0.2, 0.25) is 5.91 Å². The van der Waals surface area contributed by atoms with Crippen molar-refractivity contribution < 1.29 is 14.3 Å². The van der Waals surface area contributed by atoms with E-state index in [2.05, 4.69) is 5.32 Å². The van der Waals surface area contributed by atoms with Crippen LogP contribution in [0.25, 0.3) is 0 Å². The van der Waals surface area contributed by atoms with Crippen LogP contribution in [-0.2, 0) is 4.79 Å². The number of nitrogens with one attached hydrogen (secondary N) is 1. The molecule has 0 aliphatic carbocycles. The minimum absolute atomic E-state index is 0.0432. The number of alkyl halides is 1. The third-order valence-corrected chi connectivity index (χ3v) is 2.73. The fourth-order valence-electron chi connectivity index (χ4n) is 1.59. The van der Waals surface area contributed by atoms with Gasteiger partial charge in [0.15, 0.2) is 11.5 Å². The standard InChI is InChI=1S/C13H18ClNO3/c1-4-18-11-6-5-10(7-12(11)17-3)9(2)15-13(16)8-14/h5-7,9H,4,8H2,1-3H3,(H,15,16)/t9-/m0/s1. The molecule has 0 heterocycles. The van der Waals surface area contributed by atoms with E-state index in [0.717, 1.165) is 5.56 Å².